The molecule has 1 rings (SSSR count). The summed E-state index contributed by atoms with van der Waals surface area (Å²) in [5.41, 5.74) is 5.75. The SMILES string of the molecule is CC(C)(C)N(OC(=O)O)c1sccc1N. The van der Waals surface area contributed by atoms with Gasteiger partial charge in [0.05, 0.1) is 11.2 Å². The molecule has 0 atom stereocenters. The molecule has 3 N–H and O–H groups in total. The molecule has 0 bridgehead atoms. The van der Waals surface area contributed by atoms with Crippen molar-refractivity contribution in [1.82, 2.24) is 0 Å². The van der Waals surface area contributed by atoms with Gasteiger partial charge in [-0.15, -0.1) is 11.3 Å². The molecule has 6 heteroatoms. The van der Waals surface area contributed by atoms with Crippen molar-refractivity contribution in [2.45, 2.75) is 26.3 Å². The first-order valence-corrected chi connectivity index (χ1v) is 5.24. The van der Waals surface area contributed by atoms with Crippen molar-refractivity contribution in [2.75, 3.05) is 10.8 Å². The van der Waals surface area contributed by atoms with Gasteiger partial charge in [0.15, 0.2) is 5.00 Å². The van der Waals surface area contributed by atoms with Gasteiger partial charge in [-0.2, -0.15) is 5.06 Å². The van der Waals surface area contributed by atoms with E-state index in [2.05, 4.69) is 0 Å². The van der Waals surface area contributed by atoms with Crippen LogP contribution in [0.25, 0.3) is 0 Å². The smallest absolute Gasteiger partial charge is 0.448 e. The summed E-state index contributed by atoms with van der Waals surface area (Å²) in [7, 11) is 0. The molecule has 0 aliphatic carbocycles. The molecule has 1 aromatic rings. The lowest BCUT2D eigenvalue weighted by atomic mass is 10.1. The number of nitrogens with two attached hydrogens (primary N) is 1. The average Bonchev–Trinajstić information content (AvgIpc) is 2.45. The zero-order valence-electron chi connectivity index (χ0n) is 8.85. The summed E-state index contributed by atoms with van der Waals surface area (Å²) in [5, 5.41) is 12.3. The summed E-state index contributed by atoms with van der Waals surface area (Å²) < 4.78 is 0. The van der Waals surface area contributed by atoms with Crippen LogP contribution in [0.15, 0.2) is 11.4 Å². The average molecular weight is 230 g/mol. The highest BCUT2D eigenvalue weighted by atomic mass is 32.1. The van der Waals surface area contributed by atoms with Crippen LogP contribution in [0.1, 0.15) is 20.8 Å². The molecule has 5 nitrogen and oxygen atoms in total. The van der Waals surface area contributed by atoms with Crippen molar-refractivity contribution in [3.05, 3.63) is 11.4 Å². The van der Waals surface area contributed by atoms with Gasteiger partial charge >= 0.3 is 6.16 Å². The Hall–Kier alpha value is -1.43. The zero-order valence-corrected chi connectivity index (χ0v) is 9.67. The molecule has 84 valence electrons. The molecule has 0 spiro atoms. The van der Waals surface area contributed by atoms with Gasteiger partial charge in [-0.1, -0.05) is 0 Å². The summed E-state index contributed by atoms with van der Waals surface area (Å²) in [6.07, 6.45) is -1.35. The maximum absolute atomic E-state index is 10.6. The number of nitrogen functional groups attached to an aromatic ring is 1. The van der Waals surface area contributed by atoms with E-state index in [0.717, 1.165) is 0 Å². The molecule has 0 saturated heterocycles. The molecule has 15 heavy (non-hydrogen) atoms. The van der Waals surface area contributed by atoms with Crippen LogP contribution in [0.2, 0.25) is 0 Å². The lowest BCUT2D eigenvalue weighted by Gasteiger charge is -2.33. The first-order chi connectivity index (χ1) is 6.82. The van der Waals surface area contributed by atoms with Gasteiger partial charge in [0.1, 0.15) is 0 Å². The lowest BCUT2D eigenvalue weighted by Crippen LogP contribution is -2.42. The number of thiophene rings is 1. The minimum atomic E-state index is -1.35. The Morgan fingerprint density at radius 2 is 2.20 bits per heavy atom. The van der Waals surface area contributed by atoms with E-state index in [0.29, 0.717) is 10.7 Å². The van der Waals surface area contributed by atoms with Crippen LogP contribution in [-0.2, 0) is 4.84 Å². The molecule has 0 aliphatic rings. The summed E-state index contributed by atoms with van der Waals surface area (Å²) >= 11 is 1.34. The number of rotatable bonds is 2. The fourth-order valence-corrected chi connectivity index (χ4v) is 1.99. The molecule has 0 aliphatic heterocycles. The predicted molar refractivity (Wildman–Crippen MR) is 60.1 cm³/mol. The molecule has 1 aromatic heterocycles. The fraction of sp³-hybridized carbons (Fsp3) is 0.444. The second-order valence-corrected chi connectivity index (χ2v) is 4.90. The molecule has 0 saturated carbocycles. The largest absolute Gasteiger partial charge is 0.530 e. The number of carbonyl (C=O) groups is 1. The molecule has 0 unspecified atom stereocenters. The zero-order chi connectivity index (χ0) is 11.6. The summed E-state index contributed by atoms with van der Waals surface area (Å²) in [6.45, 7) is 5.53. The van der Waals surface area contributed by atoms with Gasteiger partial charge in [0, 0.05) is 0 Å². The van der Waals surface area contributed by atoms with E-state index in [4.69, 9.17) is 15.7 Å². The first kappa shape index (κ1) is 11.6. The number of hydrogen-bond acceptors (Lipinski definition) is 5. The van der Waals surface area contributed by atoms with Crippen LogP contribution in [0.3, 0.4) is 0 Å². The minimum absolute atomic E-state index is 0.475. The highest BCUT2D eigenvalue weighted by Gasteiger charge is 2.28. The maximum Gasteiger partial charge on any atom is 0.530 e. The molecule has 1 heterocycles. The van der Waals surface area contributed by atoms with Crippen LogP contribution in [0, 0.1) is 0 Å². The van der Waals surface area contributed by atoms with Crippen molar-refractivity contribution < 1.29 is 14.7 Å². The number of hydroxylamine groups is 1. The van der Waals surface area contributed by atoms with Crippen molar-refractivity contribution in [3.8, 4) is 0 Å². The highest BCUT2D eigenvalue weighted by molar-refractivity contribution is 7.14. The van der Waals surface area contributed by atoms with Gasteiger partial charge in [-0.25, -0.2) is 4.79 Å². The Morgan fingerprint density at radius 1 is 1.60 bits per heavy atom. The fourth-order valence-electron chi connectivity index (χ4n) is 1.04. The van der Waals surface area contributed by atoms with Gasteiger partial charge in [0.2, 0.25) is 0 Å². The van der Waals surface area contributed by atoms with E-state index >= 15 is 0 Å². The number of nitrogens with zero attached hydrogens (tertiary/aromatic N) is 1. The summed E-state index contributed by atoms with van der Waals surface area (Å²) in [5.74, 6) is 0. The van der Waals surface area contributed by atoms with E-state index < -0.39 is 11.7 Å². The standard InChI is InChI=1S/C9H14N2O3S/c1-9(2,3)11(14-8(12)13)7-6(10)4-5-15-7/h4-5H,10H2,1-3H3,(H,12,13). The van der Waals surface area contributed by atoms with E-state index in [9.17, 15) is 4.79 Å². The third-order valence-electron chi connectivity index (χ3n) is 1.64. The molecule has 0 radical (unpaired) electrons. The Morgan fingerprint density at radius 3 is 2.53 bits per heavy atom. The van der Waals surface area contributed by atoms with Gasteiger partial charge in [-0.05, 0) is 32.2 Å². The number of anilines is 2. The molecule has 0 aromatic carbocycles. The summed E-state index contributed by atoms with van der Waals surface area (Å²) in [6, 6.07) is 1.71. The molecule has 0 amide bonds. The van der Waals surface area contributed by atoms with E-state index in [1.807, 2.05) is 20.8 Å². The van der Waals surface area contributed by atoms with Gasteiger partial charge < -0.3 is 15.7 Å². The maximum atomic E-state index is 10.6. The van der Waals surface area contributed by atoms with E-state index in [1.54, 1.807) is 11.4 Å². The Bertz CT molecular complexity index is 356. The van der Waals surface area contributed by atoms with Crippen molar-refractivity contribution in [1.29, 1.82) is 0 Å². The topological polar surface area (TPSA) is 75.8 Å². The normalized spacial score (nSPS) is 11.1. The van der Waals surface area contributed by atoms with Crippen LogP contribution in [0.5, 0.6) is 0 Å². The first-order valence-electron chi connectivity index (χ1n) is 4.36. The van der Waals surface area contributed by atoms with Gasteiger partial charge in [-0.3, -0.25) is 0 Å². The van der Waals surface area contributed by atoms with Crippen molar-refractivity contribution in [2.24, 2.45) is 0 Å². The molecular weight excluding hydrogens is 216 g/mol. The summed E-state index contributed by atoms with van der Waals surface area (Å²) in [4.78, 5) is 15.3. The predicted octanol–water partition coefficient (Wildman–Crippen LogP) is 2.54. The Balaban J connectivity index is 3.02. The molecule has 0 fully saturated rings. The Kier molecular flexibility index (Phi) is 3.09. The van der Waals surface area contributed by atoms with Gasteiger partial charge in [0.25, 0.3) is 0 Å². The Labute approximate surface area is 92.0 Å². The quantitative estimate of drug-likeness (QED) is 0.763. The third-order valence-corrected chi connectivity index (χ3v) is 2.53. The lowest BCUT2D eigenvalue weighted by molar-refractivity contribution is 0.0601. The monoisotopic (exact) mass is 230 g/mol. The highest BCUT2D eigenvalue weighted by Crippen LogP contribution is 2.34. The molecular formula is C9H14N2O3S. The third kappa shape index (κ3) is 2.76. The van der Waals surface area contributed by atoms with Crippen molar-refractivity contribution in [3.63, 3.8) is 0 Å². The van der Waals surface area contributed by atoms with Crippen LogP contribution in [0.4, 0.5) is 15.5 Å². The number of carboxylic acid groups (broad SMARTS) is 1. The minimum Gasteiger partial charge on any atom is -0.448 e. The van der Waals surface area contributed by atoms with Crippen molar-refractivity contribution >= 4 is 28.2 Å². The second-order valence-electron chi connectivity index (χ2n) is 4.00. The number of hydrogen-bond donors (Lipinski definition) is 2. The van der Waals surface area contributed by atoms with E-state index in [-0.39, 0.29) is 0 Å². The van der Waals surface area contributed by atoms with Crippen LogP contribution >= 0.6 is 11.3 Å². The second kappa shape index (κ2) is 3.98. The van der Waals surface area contributed by atoms with E-state index in [1.165, 1.54) is 16.4 Å². The van der Waals surface area contributed by atoms with Crippen LogP contribution < -0.4 is 10.8 Å². The van der Waals surface area contributed by atoms with Crippen LogP contribution in [-0.4, -0.2) is 16.8 Å².